The van der Waals surface area contributed by atoms with Gasteiger partial charge in [0.2, 0.25) is 0 Å². The van der Waals surface area contributed by atoms with E-state index in [4.69, 9.17) is 5.53 Å². The fraction of sp³-hybridized carbons (Fsp3) is 0.625. The Morgan fingerprint density at radius 1 is 1.11 bits per heavy atom. The maximum atomic E-state index is 8.84. The van der Waals surface area contributed by atoms with Crippen LogP contribution in [0.2, 0.25) is 0 Å². The molecule has 0 amide bonds. The highest BCUT2D eigenvalue weighted by Crippen LogP contribution is 2.66. The molecular formula is C24H30N4. The summed E-state index contributed by atoms with van der Waals surface area (Å²) in [4.78, 5) is 7.46. The topological polar surface area (TPSA) is 61.7 Å². The predicted octanol–water partition coefficient (Wildman–Crippen LogP) is 6.72. The molecule has 5 rings (SSSR count). The highest BCUT2D eigenvalue weighted by atomic mass is 15.1. The molecule has 0 radical (unpaired) electrons. The zero-order valence-corrected chi connectivity index (χ0v) is 17.0. The van der Waals surface area contributed by atoms with E-state index in [1.54, 1.807) is 5.57 Å². The number of nitrogens with zero attached hydrogens (tertiary/aromatic N) is 4. The van der Waals surface area contributed by atoms with Crippen molar-refractivity contribution in [3.8, 4) is 0 Å². The standard InChI is InChI=1S/C24H30N4/c1-23-11-9-18(27-28-25)14-17(23)5-6-19-21-8-7-20(16-4-3-13-26-15-16)24(21,2)12-10-22(19)23/h3-5,7,13,15,18-19,21-22H,6,8-12,14H2,1-2H3/t18-,19+,21+,22+,23+,24-/m1/s1. The highest BCUT2D eigenvalue weighted by molar-refractivity contribution is 5.72. The number of aromatic nitrogens is 1. The number of pyridine rings is 1. The lowest BCUT2D eigenvalue weighted by molar-refractivity contribution is -0.0112. The third-order valence-corrected chi connectivity index (χ3v) is 8.85. The van der Waals surface area contributed by atoms with Crippen LogP contribution >= 0.6 is 0 Å². The third kappa shape index (κ3) is 2.50. The van der Waals surface area contributed by atoms with E-state index in [0.29, 0.717) is 5.41 Å². The van der Waals surface area contributed by atoms with Gasteiger partial charge in [-0.05, 0) is 96.3 Å². The molecule has 2 saturated carbocycles. The highest BCUT2D eigenvalue weighted by Gasteiger charge is 2.56. The molecule has 4 nitrogen and oxygen atoms in total. The zero-order valence-electron chi connectivity index (χ0n) is 17.0. The normalized spacial score (nSPS) is 41.6. The number of fused-ring (bicyclic) bond motifs is 5. The summed E-state index contributed by atoms with van der Waals surface area (Å²) in [7, 11) is 0. The van der Waals surface area contributed by atoms with E-state index in [1.165, 1.54) is 43.2 Å². The van der Waals surface area contributed by atoms with Crippen molar-refractivity contribution in [2.75, 3.05) is 0 Å². The van der Waals surface area contributed by atoms with Crippen LogP contribution in [0.25, 0.3) is 16.0 Å². The maximum absolute atomic E-state index is 8.84. The van der Waals surface area contributed by atoms with Crippen LogP contribution in [0.3, 0.4) is 0 Å². The predicted molar refractivity (Wildman–Crippen MR) is 112 cm³/mol. The summed E-state index contributed by atoms with van der Waals surface area (Å²) in [6.45, 7) is 5.02. The van der Waals surface area contributed by atoms with E-state index in [-0.39, 0.29) is 11.5 Å². The monoisotopic (exact) mass is 374 g/mol. The van der Waals surface area contributed by atoms with Crippen LogP contribution in [0.5, 0.6) is 0 Å². The first-order valence-electron chi connectivity index (χ1n) is 10.9. The summed E-state index contributed by atoms with van der Waals surface area (Å²) in [5, 5.41) is 4.04. The average Bonchev–Trinajstić information content (AvgIpc) is 3.06. The van der Waals surface area contributed by atoms with Gasteiger partial charge in [0.15, 0.2) is 0 Å². The molecule has 0 N–H and O–H groups in total. The Balaban J connectivity index is 1.44. The molecule has 0 aliphatic heterocycles. The van der Waals surface area contributed by atoms with Crippen LogP contribution in [0, 0.1) is 28.6 Å². The van der Waals surface area contributed by atoms with Gasteiger partial charge in [-0.3, -0.25) is 4.98 Å². The van der Waals surface area contributed by atoms with Crippen molar-refractivity contribution in [2.24, 2.45) is 33.7 Å². The molecule has 0 unspecified atom stereocenters. The van der Waals surface area contributed by atoms with E-state index in [2.05, 4.69) is 53.1 Å². The average molecular weight is 375 g/mol. The van der Waals surface area contributed by atoms with Gasteiger partial charge in [-0.1, -0.05) is 42.8 Å². The molecule has 0 spiro atoms. The molecule has 0 bridgehead atoms. The molecule has 2 fully saturated rings. The van der Waals surface area contributed by atoms with Gasteiger partial charge in [-0.25, -0.2) is 0 Å². The minimum absolute atomic E-state index is 0.167. The van der Waals surface area contributed by atoms with Crippen molar-refractivity contribution in [1.82, 2.24) is 4.98 Å². The molecule has 1 aromatic heterocycles. The molecule has 0 aromatic carbocycles. The van der Waals surface area contributed by atoms with Crippen molar-refractivity contribution in [2.45, 2.75) is 64.8 Å². The quantitative estimate of drug-likeness (QED) is 0.245. The Hall–Kier alpha value is -2.06. The molecule has 0 saturated heterocycles. The molecule has 4 heteroatoms. The lowest BCUT2D eigenvalue weighted by atomic mass is 9.47. The summed E-state index contributed by atoms with van der Waals surface area (Å²) < 4.78 is 0. The summed E-state index contributed by atoms with van der Waals surface area (Å²) in [5.41, 5.74) is 13.9. The molecule has 146 valence electrons. The second kappa shape index (κ2) is 6.49. The van der Waals surface area contributed by atoms with Gasteiger partial charge in [-0.2, -0.15) is 0 Å². The minimum Gasteiger partial charge on any atom is -0.264 e. The van der Waals surface area contributed by atoms with Gasteiger partial charge in [0, 0.05) is 23.3 Å². The van der Waals surface area contributed by atoms with Crippen molar-refractivity contribution < 1.29 is 0 Å². The molecule has 28 heavy (non-hydrogen) atoms. The SMILES string of the molecule is C[C@]12CC[C@@H](N=[N+]=[N-])CC1=CC[C@@H]1[C@@H]2CC[C@]2(C)C(c3cccnc3)=CC[C@@H]12. The second-order valence-corrected chi connectivity index (χ2v) is 9.91. The van der Waals surface area contributed by atoms with Crippen LogP contribution < -0.4 is 0 Å². The minimum atomic E-state index is 0.167. The Morgan fingerprint density at radius 2 is 1.96 bits per heavy atom. The number of rotatable bonds is 2. The van der Waals surface area contributed by atoms with Crippen LogP contribution in [0.4, 0.5) is 0 Å². The summed E-state index contributed by atoms with van der Waals surface area (Å²) in [6.07, 6.45) is 17.2. The molecule has 6 atom stereocenters. The largest absolute Gasteiger partial charge is 0.264 e. The fourth-order valence-corrected chi connectivity index (χ4v) is 7.35. The second-order valence-electron chi connectivity index (χ2n) is 9.91. The first-order chi connectivity index (χ1) is 13.6. The smallest absolute Gasteiger partial charge is 0.0411 e. The fourth-order valence-electron chi connectivity index (χ4n) is 7.35. The Morgan fingerprint density at radius 3 is 2.75 bits per heavy atom. The number of allylic oxidation sites excluding steroid dienone is 3. The number of azide groups is 1. The van der Waals surface area contributed by atoms with E-state index in [9.17, 15) is 0 Å². The summed E-state index contributed by atoms with van der Waals surface area (Å²) >= 11 is 0. The van der Waals surface area contributed by atoms with Gasteiger partial charge in [0.1, 0.15) is 0 Å². The van der Waals surface area contributed by atoms with Gasteiger partial charge in [0.25, 0.3) is 0 Å². The van der Waals surface area contributed by atoms with E-state index >= 15 is 0 Å². The molecule has 1 aromatic rings. The molecule has 1 heterocycles. The molecule has 4 aliphatic carbocycles. The number of hydrogen-bond donors (Lipinski definition) is 0. The zero-order chi connectivity index (χ0) is 19.4. The van der Waals surface area contributed by atoms with Gasteiger partial charge < -0.3 is 0 Å². The van der Waals surface area contributed by atoms with E-state index < -0.39 is 0 Å². The van der Waals surface area contributed by atoms with Crippen molar-refractivity contribution in [3.63, 3.8) is 0 Å². The third-order valence-electron chi connectivity index (χ3n) is 8.85. The van der Waals surface area contributed by atoms with Crippen LogP contribution in [-0.4, -0.2) is 11.0 Å². The first-order valence-corrected chi connectivity index (χ1v) is 10.9. The van der Waals surface area contributed by atoms with Crippen molar-refractivity contribution >= 4 is 5.57 Å². The Labute approximate surface area is 167 Å². The van der Waals surface area contributed by atoms with Gasteiger partial charge in [-0.15, -0.1) is 0 Å². The Kier molecular flexibility index (Phi) is 4.17. The molecular weight excluding hydrogens is 344 g/mol. The van der Waals surface area contributed by atoms with Crippen LogP contribution in [0.15, 0.2) is 47.4 Å². The van der Waals surface area contributed by atoms with E-state index in [0.717, 1.165) is 30.6 Å². The summed E-state index contributed by atoms with van der Waals surface area (Å²) in [6, 6.07) is 4.47. The lowest BCUT2D eigenvalue weighted by Crippen LogP contribution is -2.49. The van der Waals surface area contributed by atoms with Crippen molar-refractivity contribution in [3.05, 3.63) is 58.3 Å². The van der Waals surface area contributed by atoms with Crippen LogP contribution in [0.1, 0.15) is 64.4 Å². The maximum Gasteiger partial charge on any atom is 0.0411 e. The van der Waals surface area contributed by atoms with E-state index in [1.807, 2.05) is 12.4 Å². The summed E-state index contributed by atoms with van der Waals surface area (Å²) in [5.74, 6) is 2.29. The van der Waals surface area contributed by atoms with Gasteiger partial charge >= 0.3 is 0 Å². The molecule has 4 aliphatic rings. The Bertz CT molecular complexity index is 881. The van der Waals surface area contributed by atoms with Crippen LogP contribution in [-0.2, 0) is 0 Å². The van der Waals surface area contributed by atoms with Crippen molar-refractivity contribution in [1.29, 1.82) is 0 Å². The number of hydrogen-bond acceptors (Lipinski definition) is 2. The first kappa shape index (κ1) is 18.0. The van der Waals surface area contributed by atoms with Gasteiger partial charge in [0.05, 0.1) is 0 Å². The lowest BCUT2D eigenvalue weighted by Gasteiger charge is -2.57.